The van der Waals surface area contributed by atoms with E-state index in [0.717, 1.165) is 22.6 Å². The van der Waals surface area contributed by atoms with E-state index in [-0.39, 0.29) is 0 Å². The number of hydrogen-bond acceptors (Lipinski definition) is 7. The molecule has 0 amide bonds. The average molecular weight is 423 g/mol. The van der Waals surface area contributed by atoms with Crippen LogP contribution in [0.1, 0.15) is 12.7 Å². The lowest BCUT2D eigenvalue weighted by Crippen LogP contribution is -2.29. The molecule has 1 aliphatic rings. The van der Waals surface area contributed by atoms with Gasteiger partial charge in [0.2, 0.25) is 5.95 Å². The van der Waals surface area contributed by atoms with Crippen molar-refractivity contribution in [1.29, 1.82) is 0 Å². The Morgan fingerprint density at radius 3 is 2.87 bits per heavy atom. The second-order valence-electron chi connectivity index (χ2n) is 6.72. The van der Waals surface area contributed by atoms with Gasteiger partial charge in [-0.25, -0.2) is 9.97 Å². The minimum absolute atomic E-state index is 0.386. The lowest BCUT2D eigenvalue weighted by molar-refractivity contribution is 0.127. The summed E-state index contributed by atoms with van der Waals surface area (Å²) >= 11 is 6.70. The monoisotopic (exact) mass is 422 g/mol. The lowest BCUT2D eigenvalue weighted by atomic mass is 10.0. The number of pyridine rings is 1. The van der Waals surface area contributed by atoms with Crippen molar-refractivity contribution < 1.29 is 9.47 Å². The number of ether oxygens (including phenoxy) is 2. The van der Waals surface area contributed by atoms with Crippen LogP contribution < -0.4 is 9.64 Å². The fourth-order valence-electron chi connectivity index (χ4n) is 3.51. The third kappa shape index (κ3) is 3.24. The second kappa shape index (κ2) is 7.89. The Morgan fingerprint density at radius 1 is 1.17 bits per heavy atom. The van der Waals surface area contributed by atoms with E-state index >= 15 is 0 Å². The van der Waals surface area contributed by atoms with Crippen molar-refractivity contribution in [2.45, 2.75) is 13.5 Å². The zero-order valence-corrected chi connectivity index (χ0v) is 17.1. The highest BCUT2D eigenvalue weighted by Crippen LogP contribution is 2.40. The van der Waals surface area contributed by atoms with Gasteiger partial charge in [0.25, 0.3) is 0 Å². The molecule has 9 heteroatoms. The smallest absolute Gasteiger partial charge is 0.230 e. The number of benzene rings is 1. The fraction of sp³-hybridized carbons (Fsp3) is 0.238. The third-order valence-electron chi connectivity index (χ3n) is 4.95. The molecular weight excluding hydrogens is 404 g/mol. The quantitative estimate of drug-likeness (QED) is 0.482. The van der Waals surface area contributed by atoms with Gasteiger partial charge in [0, 0.05) is 30.8 Å². The molecule has 0 radical (unpaired) electrons. The van der Waals surface area contributed by atoms with E-state index in [2.05, 4.69) is 20.2 Å². The number of aromatic nitrogens is 5. The summed E-state index contributed by atoms with van der Waals surface area (Å²) in [6.45, 7) is 4.17. The maximum atomic E-state index is 6.70. The van der Waals surface area contributed by atoms with E-state index < -0.39 is 0 Å². The third-order valence-corrected chi connectivity index (χ3v) is 5.33. The van der Waals surface area contributed by atoms with Crippen LogP contribution in [0, 0.1) is 0 Å². The molecule has 0 saturated carbocycles. The SMILES string of the molecule is CCOCc1nnc2c(Cl)c(-c3ccc4c(c3)OCCN4c3ncccn3)ccn12. The first-order chi connectivity index (χ1) is 14.8. The standard InChI is InChI=1S/C21H19ClN6O2/c1-2-29-13-18-25-26-20-19(22)15(6-9-28(18)20)14-4-5-16-17(12-14)30-11-10-27(16)21-23-7-3-8-24-21/h3-9,12H,2,10-11,13H2,1H3. The van der Waals surface area contributed by atoms with Crippen molar-refractivity contribution in [3.05, 3.63) is 59.8 Å². The summed E-state index contributed by atoms with van der Waals surface area (Å²) in [6.07, 6.45) is 5.38. The minimum atomic E-state index is 0.386. The number of anilines is 2. The Labute approximate surface area is 178 Å². The topological polar surface area (TPSA) is 77.7 Å². The summed E-state index contributed by atoms with van der Waals surface area (Å²) in [5.74, 6) is 2.13. The van der Waals surface area contributed by atoms with Gasteiger partial charge in [-0.05, 0) is 36.8 Å². The van der Waals surface area contributed by atoms with Crippen molar-refractivity contribution >= 4 is 28.9 Å². The molecule has 4 aromatic rings. The largest absolute Gasteiger partial charge is 0.490 e. The summed E-state index contributed by atoms with van der Waals surface area (Å²) in [6, 6.07) is 9.76. The van der Waals surface area contributed by atoms with E-state index in [1.54, 1.807) is 18.5 Å². The fourth-order valence-corrected chi connectivity index (χ4v) is 3.81. The predicted octanol–water partition coefficient (Wildman–Crippen LogP) is 3.91. The molecule has 8 nitrogen and oxygen atoms in total. The number of rotatable bonds is 5. The molecule has 0 spiro atoms. The molecule has 5 rings (SSSR count). The van der Waals surface area contributed by atoms with Gasteiger partial charge in [-0.1, -0.05) is 17.7 Å². The first-order valence-corrected chi connectivity index (χ1v) is 10.1. The Hall–Kier alpha value is -3.23. The zero-order valence-electron chi connectivity index (χ0n) is 16.3. The van der Waals surface area contributed by atoms with E-state index in [1.807, 2.05) is 46.7 Å². The van der Waals surface area contributed by atoms with Crippen molar-refractivity contribution in [2.75, 3.05) is 24.7 Å². The summed E-state index contributed by atoms with van der Waals surface area (Å²) < 4.78 is 13.2. The maximum Gasteiger partial charge on any atom is 0.230 e. The molecule has 0 bridgehead atoms. The van der Waals surface area contributed by atoms with Crippen LogP contribution in [0.15, 0.2) is 48.9 Å². The van der Waals surface area contributed by atoms with Crippen LogP contribution in [0.3, 0.4) is 0 Å². The highest BCUT2D eigenvalue weighted by molar-refractivity contribution is 6.36. The van der Waals surface area contributed by atoms with Crippen LogP contribution in [0.25, 0.3) is 16.8 Å². The molecule has 3 aromatic heterocycles. The summed E-state index contributed by atoms with van der Waals surface area (Å²) in [4.78, 5) is 10.8. The van der Waals surface area contributed by atoms with Gasteiger partial charge in [-0.2, -0.15) is 0 Å². The van der Waals surface area contributed by atoms with E-state index in [9.17, 15) is 0 Å². The van der Waals surface area contributed by atoms with Crippen molar-refractivity contribution in [1.82, 2.24) is 24.6 Å². The highest BCUT2D eigenvalue weighted by Gasteiger charge is 2.22. The van der Waals surface area contributed by atoms with Crippen LogP contribution in [-0.4, -0.2) is 44.3 Å². The maximum absolute atomic E-state index is 6.70. The van der Waals surface area contributed by atoms with Gasteiger partial charge in [0.05, 0.1) is 17.3 Å². The normalized spacial score (nSPS) is 13.3. The van der Waals surface area contributed by atoms with Crippen LogP contribution in [0.4, 0.5) is 11.6 Å². The number of hydrogen-bond donors (Lipinski definition) is 0. The lowest BCUT2D eigenvalue weighted by Gasteiger charge is -2.29. The predicted molar refractivity (Wildman–Crippen MR) is 113 cm³/mol. The first kappa shape index (κ1) is 18.8. The number of nitrogens with zero attached hydrogens (tertiary/aromatic N) is 6. The van der Waals surface area contributed by atoms with Gasteiger partial charge in [-0.15, -0.1) is 10.2 Å². The van der Waals surface area contributed by atoms with Gasteiger partial charge in [-0.3, -0.25) is 4.40 Å². The molecule has 0 fully saturated rings. The van der Waals surface area contributed by atoms with E-state index in [4.69, 9.17) is 21.1 Å². The van der Waals surface area contributed by atoms with Crippen molar-refractivity contribution in [3.8, 4) is 16.9 Å². The second-order valence-corrected chi connectivity index (χ2v) is 7.10. The molecule has 4 heterocycles. The molecule has 30 heavy (non-hydrogen) atoms. The Bertz CT molecular complexity index is 1200. The van der Waals surface area contributed by atoms with Crippen LogP contribution >= 0.6 is 11.6 Å². The minimum Gasteiger partial charge on any atom is -0.490 e. The molecule has 0 atom stereocenters. The Balaban J connectivity index is 1.52. The van der Waals surface area contributed by atoms with Gasteiger partial charge in [0.15, 0.2) is 11.5 Å². The van der Waals surface area contributed by atoms with Gasteiger partial charge < -0.3 is 14.4 Å². The highest BCUT2D eigenvalue weighted by atomic mass is 35.5. The van der Waals surface area contributed by atoms with Gasteiger partial charge >= 0.3 is 0 Å². The summed E-state index contributed by atoms with van der Waals surface area (Å²) in [5, 5.41) is 8.98. The van der Waals surface area contributed by atoms with Crippen molar-refractivity contribution in [2.24, 2.45) is 0 Å². The molecule has 0 unspecified atom stereocenters. The molecule has 0 aliphatic carbocycles. The molecule has 0 N–H and O–H groups in total. The van der Waals surface area contributed by atoms with E-state index in [0.29, 0.717) is 48.8 Å². The first-order valence-electron chi connectivity index (χ1n) is 9.68. The van der Waals surface area contributed by atoms with Crippen LogP contribution in [-0.2, 0) is 11.3 Å². The Kier molecular flexibility index (Phi) is 4.94. The molecule has 0 saturated heterocycles. The van der Waals surface area contributed by atoms with Crippen LogP contribution in [0.5, 0.6) is 5.75 Å². The van der Waals surface area contributed by atoms with Crippen LogP contribution in [0.2, 0.25) is 5.02 Å². The molecule has 152 valence electrons. The molecule has 1 aliphatic heterocycles. The molecule has 1 aromatic carbocycles. The number of fused-ring (bicyclic) bond motifs is 2. The summed E-state index contributed by atoms with van der Waals surface area (Å²) in [7, 11) is 0. The van der Waals surface area contributed by atoms with E-state index in [1.165, 1.54) is 0 Å². The van der Waals surface area contributed by atoms with Crippen molar-refractivity contribution in [3.63, 3.8) is 0 Å². The average Bonchev–Trinajstić information content (AvgIpc) is 3.21. The zero-order chi connectivity index (χ0) is 20.5. The summed E-state index contributed by atoms with van der Waals surface area (Å²) in [5.41, 5.74) is 3.32. The Morgan fingerprint density at radius 2 is 2.03 bits per heavy atom. The number of halogens is 1. The van der Waals surface area contributed by atoms with Gasteiger partial charge in [0.1, 0.15) is 19.0 Å². The molecular formula is C21H19ClN6O2.